The van der Waals surface area contributed by atoms with Gasteiger partial charge in [0.05, 0.1) is 22.1 Å². The highest BCUT2D eigenvalue weighted by atomic mass is 15.0. The number of hydrogen-bond acceptors (Lipinski definition) is 3. The minimum absolute atomic E-state index is 0.615. The summed E-state index contributed by atoms with van der Waals surface area (Å²) in [5, 5.41) is 4.86. The molecule has 13 aromatic rings. The Labute approximate surface area is 417 Å². The molecular formula is C68H44N4. The van der Waals surface area contributed by atoms with Gasteiger partial charge in [0.25, 0.3) is 0 Å². The maximum atomic E-state index is 5.22. The summed E-state index contributed by atoms with van der Waals surface area (Å²) in [6.07, 6.45) is 0. The van der Waals surface area contributed by atoms with Gasteiger partial charge in [-0.25, -0.2) is 15.0 Å². The third-order valence-electron chi connectivity index (χ3n) is 14.7. The number of aromatic nitrogens is 4. The molecule has 72 heavy (non-hydrogen) atoms. The summed E-state index contributed by atoms with van der Waals surface area (Å²) in [6.45, 7) is 0. The predicted molar refractivity (Wildman–Crippen MR) is 296 cm³/mol. The van der Waals surface area contributed by atoms with Crippen LogP contribution in [0.5, 0.6) is 0 Å². The van der Waals surface area contributed by atoms with Gasteiger partial charge in [0.2, 0.25) is 0 Å². The SMILES string of the molecule is c1ccc(-c2ccc(-c3nc(-c4ccccc4)nc(-c4cccc(-c5c(-c6cccc(C7(c8ccccc8)c8ccccc8-n8c9ccccc9c9cccc7c98)c6)ccc6ccccc56)c4)n3)cc2)cc1. The zero-order chi connectivity index (χ0) is 47.6. The number of para-hydroxylation sites is 3. The fourth-order valence-corrected chi connectivity index (χ4v) is 11.5. The van der Waals surface area contributed by atoms with Crippen molar-refractivity contribution in [2.45, 2.75) is 5.41 Å². The molecule has 0 aliphatic carbocycles. The Morgan fingerprint density at radius 1 is 0.306 bits per heavy atom. The van der Waals surface area contributed by atoms with Crippen LogP contribution in [0.1, 0.15) is 22.3 Å². The van der Waals surface area contributed by atoms with Crippen LogP contribution in [0.4, 0.5) is 0 Å². The molecule has 14 rings (SSSR count). The van der Waals surface area contributed by atoms with Crippen LogP contribution in [0.25, 0.3) is 106 Å². The lowest BCUT2D eigenvalue weighted by Gasteiger charge is -2.42. The second kappa shape index (κ2) is 16.9. The molecule has 11 aromatic carbocycles. The zero-order valence-electron chi connectivity index (χ0n) is 39.2. The van der Waals surface area contributed by atoms with Crippen molar-refractivity contribution < 1.29 is 0 Å². The number of nitrogens with zero attached hydrogens (tertiary/aromatic N) is 4. The first-order chi connectivity index (χ1) is 35.7. The van der Waals surface area contributed by atoms with Crippen molar-refractivity contribution in [2.24, 2.45) is 0 Å². The maximum Gasteiger partial charge on any atom is 0.164 e. The summed E-state index contributed by atoms with van der Waals surface area (Å²) in [6, 6.07) is 96.3. The van der Waals surface area contributed by atoms with E-state index in [9.17, 15) is 0 Å². The number of hydrogen-bond donors (Lipinski definition) is 0. The van der Waals surface area contributed by atoms with Crippen LogP contribution in [-0.4, -0.2) is 19.5 Å². The highest BCUT2D eigenvalue weighted by Crippen LogP contribution is 2.55. The molecule has 0 radical (unpaired) electrons. The number of fused-ring (bicyclic) bond motifs is 6. The molecule has 0 spiro atoms. The van der Waals surface area contributed by atoms with Gasteiger partial charge in [-0.15, -0.1) is 0 Å². The summed E-state index contributed by atoms with van der Waals surface area (Å²) in [4.78, 5) is 15.5. The fourth-order valence-electron chi connectivity index (χ4n) is 11.5. The monoisotopic (exact) mass is 916 g/mol. The molecule has 0 bridgehead atoms. The lowest BCUT2D eigenvalue weighted by molar-refractivity contribution is 0.728. The predicted octanol–water partition coefficient (Wildman–Crippen LogP) is 16.8. The Morgan fingerprint density at radius 3 is 1.61 bits per heavy atom. The van der Waals surface area contributed by atoms with E-state index in [0.29, 0.717) is 17.5 Å². The van der Waals surface area contributed by atoms with E-state index in [4.69, 9.17) is 15.0 Å². The smallest absolute Gasteiger partial charge is 0.164 e. The van der Waals surface area contributed by atoms with Crippen LogP contribution >= 0.6 is 0 Å². The van der Waals surface area contributed by atoms with E-state index < -0.39 is 5.41 Å². The van der Waals surface area contributed by atoms with Gasteiger partial charge < -0.3 is 4.57 Å². The van der Waals surface area contributed by atoms with Crippen LogP contribution in [0.15, 0.2) is 267 Å². The first kappa shape index (κ1) is 41.5. The summed E-state index contributed by atoms with van der Waals surface area (Å²) in [5.74, 6) is 1.87. The highest BCUT2D eigenvalue weighted by Gasteiger charge is 2.45. The Bertz CT molecular complexity index is 4200. The third kappa shape index (κ3) is 6.57. The Balaban J connectivity index is 0.958. The Hall–Kier alpha value is -9.51. The minimum atomic E-state index is -0.636. The van der Waals surface area contributed by atoms with Crippen molar-refractivity contribution in [1.82, 2.24) is 19.5 Å². The molecule has 4 nitrogen and oxygen atoms in total. The van der Waals surface area contributed by atoms with Gasteiger partial charge in [-0.3, -0.25) is 0 Å². The van der Waals surface area contributed by atoms with Crippen LogP contribution in [-0.2, 0) is 5.41 Å². The maximum absolute atomic E-state index is 5.22. The summed E-state index contributed by atoms with van der Waals surface area (Å²) >= 11 is 0. The molecule has 1 aliphatic heterocycles. The van der Waals surface area contributed by atoms with E-state index >= 15 is 0 Å². The largest absolute Gasteiger partial charge is 0.309 e. The second-order valence-corrected chi connectivity index (χ2v) is 18.7. The summed E-state index contributed by atoms with van der Waals surface area (Å²) in [5.41, 5.74) is 17.6. The number of rotatable bonds is 8. The second-order valence-electron chi connectivity index (χ2n) is 18.7. The van der Waals surface area contributed by atoms with E-state index in [1.807, 2.05) is 24.3 Å². The summed E-state index contributed by atoms with van der Waals surface area (Å²) < 4.78 is 2.49. The molecule has 336 valence electrons. The van der Waals surface area contributed by atoms with E-state index in [0.717, 1.165) is 44.5 Å². The van der Waals surface area contributed by atoms with Crippen LogP contribution in [0.2, 0.25) is 0 Å². The van der Waals surface area contributed by atoms with Gasteiger partial charge in [-0.2, -0.15) is 0 Å². The van der Waals surface area contributed by atoms with E-state index in [1.165, 1.54) is 66.1 Å². The van der Waals surface area contributed by atoms with Crippen molar-refractivity contribution in [3.8, 4) is 73.2 Å². The molecule has 1 aliphatic rings. The first-order valence-corrected chi connectivity index (χ1v) is 24.6. The standard InChI is InChI=1S/C68H44N4/c1-4-19-45(20-5-1)46-37-39-49(40-38-46)66-69-65(48-22-6-2-7-23-48)70-67(71-66)52-26-16-25-51(43-52)63-55-30-11-10-21-47(55)41-42-56(63)50-24-17-29-54(44-50)68(53-27-8-3-9-28-53)59-33-13-15-36-62(59)72-61-35-14-12-31-57(61)58-32-18-34-60(68)64(58)72/h1-44H. The average Bonchev–Trinajstić information content (AvgIpc) is 3.82. The lowest BCUT2D eigenvalue weighted by Crippen LogP contribution is -2.35. The Kier molecular flexibility index (Phi) is 9.71. The van der Waals surface area contributed by atoms with Crippen LogP contribution in [0, 0.1) is 0 Å². The molecule has 3 heterocycles. The third-order valence-corrected chi connectivity index (χ3v) is 14.7. The van der Waals surface area contributed by atoms with Gasteiger partial charge in [-0.1, -0.05) is 243 Å². The van der Waals surface area contributed by atoms with Gasteiger partial charge in [0.1, 0.15) is 0 Å². The lowest BCUT2D eigenvalue weighted by atomic mass is 9.63. The van der Waals surface area contributed by atoms with Gasteiger partial charge in [-0.05, 0) is 90.7 Å². The topological polar surface area (TPSA) is 43.6 Å². The van der Waals surface area contributed by atoms with Gasteiger partial charge in [0, 0.05) is 27.5 Å². The molecule has 0 amide bonds. The molecule has 1 atom stereocenters. The molecule has 0 fully saturated rings. The molecule has 0 saturated heterocycles. The minimum Gasteiger partial charge on any atom is -0.309 e. The zero-order valence-corrected chi connectivity index (χ0v) is 39.2. The average molecular weight is 917 g/mol. The quantitative estimate of drug-likeness (QED) is 0.153. The fraction of sp³-hybridized carbons (Fsp3) is 0.0147. The van der Waals surface area contributed by atoms with Gasteiger partial charge in [0.15, 0.2) is 17.5 Å². The number of benzene rings is 11. The first-order valence-electron chi connectivity index (χ1n) is 24.6. The molecular weight excluding hydrogens is 873 g/mol. The van der Waals surface area contributed by atoms with Crippen LogP contribution < -0.4 is 0 Å². The van der Waals surface area contributed by atoms with Crippen molar-refractivity contribution in [2.75, 3.05) is 0 Å². The Morgan fingerprint density at radius 2 is 0.819 bits per heavy atom. The molecule has 2 aromatic heterocycles. The van der Waals surface area contributed by atoms with Crippen molar-refractivity contribution >= 4 is 32.6 Å². The van der Waals surface area contributed by atoms with Crippen molar-refractivity contribution in [1.29, 1.82) is 0 Å². The van der Waals surface area contributed by atoms with Crippen molar-refractivity contribution in [3.05, 3.63) is 289 Å². The summed E-state index contributed by atoms with van der Waals surface area (Å²) in [7, 11) is 0. The molecule has 4 heteroatoms. The van der Waals surface area contributed by atoms with E-state index in [2.05, 4.69) is 247 Å². The van der Waals surface area contributed by atoms with Crippen LogP contribution in [0.3, 0.4) is 0 Å². The van der Waals surface area contributed by atoms with E-state index in [-0.39, 0.29) is 0 Å². The molecule has 0 N–H and O–H groups in total. The molecule has 1 unspecified atom stereocenters. The van der Waals surface area contributed by atoms with Crippen molar-refractivity contribution in [3.63, 3.8) is 0 Å². The highest BCUT2D eigenvalue weighted by molar-refractivity contribution is 6.12. The van der Waals surface area contributed by atoms with Gasteiger partial charge >= 0.3 is 0 Å². The molecule has 0 saturated carbocycles. The normalized spacial score (nSPS) is 13.9. The van der Waals surface area contributed by atoms with E-state index in [1.54, 1.807) is 0 Å².